The van der Waals surface area contributed by atoms with Crippen molar-refractivity contribution in [3.8, 4) is 0 Å². The third-order valence-electron chi connectivity index (χ3n) is 8.72. The van der Waals surface area contributed by atoms with Crippen molar-refractivity contribution in [2.24, 2.45) is 5.92 Å². The van der Waals surface area contributed by atoms with E-state index in [0.717, 1.165) is 6.42 Å². The molecule has 1 aliphatic heterocycles. The minimum atomic E-state index is 0.586. The normalized spacial score (nSPS) is 17.6. The number of thioether (sulfide) groups is 1. The molecular formula is C34H18S2. The average Bonchev–Trinajstić information content (AvgIpc) is 3.55. The van der Waals surface area contributed by atoms with Crippen LogP contribution in [0.2, 0.25) is 0 Å². The number of thiophene rings is 1. The van der Waals surface area contributed by atoms with Crippen LogP contribution < -0.4 is 0 Å². The van der Waals surface area contributed by atoms with E-state index in [0.29, 0.717) is 5.92 Å². The third-order valence-corrected chi connectivity index (χ3v) is 10.6. The maximum absolute atomic E-state index is 2.47. The molecule has 1 unspecified atom stereocenters. The van der Waals surface area contributed by atoms with Crippen molar-refractivity contribution in [3.05, 3.63) is 99.6 Å². The molecule has 8 aromatic rings. The summed E-state index contributed by atoms with van der Waals surface area (Å²) in [6.45, 7) is 0. The van der Waals surface area contributed by atoms with Crippen LogP contribution in [-0.4, -0.2) is 0 Å². The number of hydrogen-bond acceptors (Lipinski definition) is 2. The highest BCUT2D eigenvalue weighted by atomic mass is 32.2. The second-order valence-corrected chi connectivity index (χ2v) is 12.5. The van der Waals surface area contributed by atoms with Gasteiger partial charge in [0.15, 0.2) is 0 Å². The Labute approximate surface area is 215 Å². The Morgan fingerprint density at radius 2 is 1.17 bits per heavy atom. The fourth-order valence-electron chi connectivity index (χ4n) is 6.83. The predicted molar refractivity (Wildman–Crippen MR) is 161 cm³/mol. The van der Waals surface area contributed by atoms with Crippen LogP contribution in [0.3, 0.4) is 0 Å². The van der Waals surface area contributed by atoms with Crippen LogP contribution in [0.25, 0.3) is 80.8 Å². The summed E-state index contributed by atoms with van der Waals surface area (Å²) in [4.78, 5) is 1.51. The van der Waals surface area contributed by atoms with Gasteiger partial charge < -0.3 is 0 Å². The minimum absolute atomic E-state index is 0.586. The monoisotopic (exact) mass is 490 g/mol. The quantitative estimate of drug-likeness (QED) is 0.204. The van der Waals surface area contributed by atoms with Gasteiger partial charge in [0.05, 0.1) is 0 Å². The summed E-state index contributed by atoms with van der Waals surface area (Å²) in [5.74, 6) is 0.586. The zero-order valence-corrected chi connectivity index (χ0v) is 20.9. The van der Waals surface area contributed by atoms with E-state index in [9.17, 15) is 0 Å². The lowest BCUT2D eigenvalue weighted by Crippen LogP contribution is -2.07. The van der Waals surface area contributed by atoms with E-state index in [2.05, 4.69) is 89.7 Å². The molecule has 7 aromatic carbocycles. The van der Waals surface area contributed by atoms with E-state index in [4.69, 9.17) is 0 Å². The van der Waals surface area contributed by atoms with Gasteiger partial charge in [0, 0.05) is 10.6 Å². The van der Waals surface area contributed by atoms with Crippen LogP contribution in [0.1, 0.15) is 11.1 Å². The Kier molecular flexibility index (Phi) is 3.21. The van der Waals surface area contributed by atoms with Gasteiger partial charge >= 0.3 is 0 Å². The minimum Gasteiger partial charge on any atom is -0.144 e. The number of allylic oxidation sites excluding steroid dienone is 2. The summed E-state index contributed by atoms with van der Waals surface area (Å²) >= 11 is 3.72. The van der Waals surface area contributed by atoms with Gasteiger partial charge in [-0.15, -0.1) is 23.1 Å². The van der Waals surface area contributed by atoms with Gasteiger partial charge in [0.25, 0.3) is 0 Å². The SMILES string of the molecule is C1=CC2Cc3cc4c(cc3C=C2S1)c1cc2cc3c5cc6cc7ccsc7cc6cc5c3cc2cc41. The van der Waals surface area contributed by atoms with Crippen LogP contribution in [0.4, 0.5) is 0 Å². The smallest absolute Gasteiger partial charge is 0.0349 e. The summed E-state index contributed by atoms with van der Waals surface area (Å²) in [7, 11) is 0. The van der Waals surface area contributed by atoms with Gasteiger partial charge in [-0.3, -0.25) is 0 Å². The molecule has 0 fully saturated rings. The van der Waals surface area contributed by atoms with E-state index in [1.54, 1.807) is 0 Å². The first kappa shape index (κ1) is 18.6. The van der Waals surface area contributed by atoms with Crippen molar-refractivity contribution < 1.29 is 0 Å². The first-order valence-electron chi connectivity index (χ1n) is 12.6. The van der Waals surface area contributed by atoms with E-state index in [1.807, 2.05) is 23.1 Å². The van der Waals surface area contributed by atoms with E-state index in [1.165, 1.54) is 90.8 Å². The predicted octanol–water partition coefficient (Wildman–Crippen LogP) is 10.5. The van der Waals surface area contributed by atoms with Crippen LogP contribution in [0.15, 0.2) is 88.5 Å². The molecule has 0 bridgehead atoms. The summed E-state index contributed by atoms with van der Waals surface area (Å²) in [6.07, 6.45) is 5.92. The maximum Gasteiger partial charge on any atom is 0.0349 e. The van der Waals surface area contributed by atoms with Crippen molar-refractivity contribution in [1.82, 2.24) is 0 Å². The molecule has 0 radical (unpaired) electrons. The molecule has 0 spiro atoms. The fraction of sp³-hybridized carbons (Fsp3) is 0.0588. The standard InChI is InChI=1S/C34H18S2/c1-3-35-33-15-23-13-31-25(7-19(23)5-17(1)33)27-9-21-12-30-28(10-22(21)11-29(27)31)26-8-20-6-18-2-4-36-34(18)16-24(20)14-32(26)30/h1-5,7-16,18H,6H2. The number of hydrogen-bond donors (Lipinski definition) is 0. The highest BCUT2D eigenvalue weighted by molar-refractivity contribution is 8.06. The van der Waals surface area contributed by atoms with Crippen molar-refractivity contribution in [1.29, 1.82) is 0 Å². The molecule has 0 amide bonds. The number of fused-ring (bicyclic) bond motifs is 13. The highest BCUT2D eigenvalue weighted by Gasteiger charge is 2.24. The van der Waals surface area contributed by atoms with Crippen molar-refractivity contribution in [2.45, 2.75) is 6.42 Å². The lowest BCUT2D eigenvalue weighted by Gasteiger charge is -2.23. The van der Waals surface area contributed by atoms with Gasteiger partial charge in [-0.1, -0.05) is 6.08 Å². The zero-order valence-electron chi connectivity index (χ0n) is 19.3. The van der Waals surface area contributed by atoms with E-state index >= 15 is 0 Å². The molecule has 10 rings (SSSR count). The van der Waals surface area contributed by atoms with Crippen molar-refractivity contribution in [3.63, 3.8) is 0 Å². The molecule has 0 nitrogen and oxygen atoms in total. The second kappa shape index (κ2) is 6.21. The summed E-state index contributed by atoms with van der Waals surface area (Å²) in [6, 6.07) is 26.3. The molecular weight excluding hydrogens is 473 g/mol. The first-order valence-corrected chi connectivity index (χ1v) is 14.3. The molecule has 2 heterocycles. The molecule has 1 atom stereocenters. The number of benzene rings is 5. The van der Waals surface area contributed by atoms with Gasteiger partial charge in [-0.05, 0) is 176 Å². The van der Waals surface area contributed by atoms with E-state index in [-0.39, 0.29) is 0 Å². The Morgan fingerprint density at radius 3 is 1.86 bits per heavy atom. The Bertz CT molecular complexity index is 2310. The highest BCUT2D eigenvalue weighted by Crippen LogP contribution is 2.47. The maximum atomic E-state index is 2.47. The van der Waals surface area contributed by atoms with Gasteiger partial charge in [0.1, 0.15) is 0 Å². The lowest BCUT2D eigenvalue weighted by molar-refractivity contribution is 0.793. The van der Waals surface area contributed by atoms with Crippen LogP contribution in [-0.2, 0) is 6.42 Å². The largest absolute Gasteiger partial charge is 0.144 e. The van der Waals surface area contributed by atoms with Crippen molar-refractivity contribution >= 4 is 104 Å². The topological polar surface area (TPSA) is 0 Å². The van der Waals surface area contributed by atoms with Crippen LogP contribution in [0, 0.1) is 5.92 Å². The molecule has 36 heavy (non-hydrogen) atoms. The summed E-state index contributed by atoms with van der Waals surface area (Å²) in [5.41, 5.74) is 2.91. The summed E-state index contributed by atoms with van der Waals surface area (Å²) in [5, 5.41) is 22.5. The molecule has 1 aliphatic carbocycles. The summed E-state index contributed by atoms with van der Waals surface area (Å²) < 4.78 is 1.37. The molecule has 2 heteroatoms. The zero-order chi connectivity index (χ0) is 23.1. The Balaban J connectivity index is 1.20. The van der Waals surface area contributed by atoms with Gasteiger partial charge in [-0.25, -0.2) is 0 Å². The molecule has 0 N–H and O–H groups in total. The number of rotatable bonds is 0. The second-order valence-electron chi connectivity index (χ2n) is 10.6. The third kappa shape index (κ3) is 2.24. The lowest BCUT2D eigenvalue weighted by atomic mass is 9.82. The molecule has 0 saturated heterocycles. The Morgan fingerprint density at radius 1 is 0.583 bits per heavy atom. The van der Waals surface area contributed by atoms with Gasteiger partial charge in [0.2, 0.25) is 0 Å². The van der Waals surface area contributed by atoms with Gasteiger partial charge in [-0.2, -0.15) is 0 Å². The molecule has 0 saturated carbocycles. The molecule has 1 aromatic heterocycles. The van der Waals surface area contributed by atoms with Crippen LogP contribution in [0.5, 0.6) is 0 Å². The average molecular weight is 491 g/mol. The van der Waals surface area contributed by atoms with E-state index < -0.39 is 0 Å². The Hall–Kier alpha value is -3.59. The van der Waals surface area contributed by atoms with Crippen molar-refractivity contribution in [2.75, 3.05) is 0 Å². The fourth-order valence-corrected chi connectivity index (χ4v) is 8.61. The molecule has 166 valence electrons. The van der Waals surface area contributed by atoms with Crippen LogP contribution >= 0.6 is 23.1 Å². The first-order chi connectivity index (χ1) is 17.8. The molecule has 2 aliphatic rings.